The van der Waals surface area contributed by atoms with Crippen LogP contribution in [-0.2, 0) is 0 Å². The van der Waals surface area contributed by atoms with Gasteiger partial charge in [0.15, 0.2) is 0 Å². The SMILES string of the molecule is CN(C)c1ccc(C=C(CBr)C2CCCCC2)cc1. The number of anilines is 1. The van der Waals surface area contributed by atoms with Crippen LogP contribution in [0.5, 0.6) is 0 Å². The minimum Gasteiger partial charge on any atom is -0.378 e. The quantitative estimate of drug-likeness (QED) is 0.696. The zero-order valence-corrected chi connectivity index (χ0v) is 13.6. The summed E-state index contributed by atoms with van der Waals surface area (Å²) in [6.07, 6.45) is 9.33. The number of halogens is 1. The van der Waals surface area contributed by atoms with Crippen molar-refractivity contribution >= 4 is 27.7 Å². The standard InChI is InChI=1S/C17H24BrN/c1-19(2)17-10-8-14(9-11-17)12-16(13-18)15-6-4-3-5-7-15/h8-12,15H,3-7,13H2,1-2H3. The molecule has 0 unspecified atom stereocenters. The van der Waals surface area contributed by atoms with Gasteiger partial charge in [-0.25, -0.2) is 0 Å². The molecule has 19 heavy (non-hydrogen) atoms. The molecule has 1 aromatic carbocycles. The smallest absolute Gasteiger partial charge is 0.0361 e. The third-order valence-corrected chi connectivity index (χ3v) is 4.69. The second kappa shape index (κ2) is 7.14. The number of allylic oxidation sites excluding steroid dienone is 1. The summed E-state index contributed by atoms with van der Waals surface area (Å²) in [5.74, 6) is 0.793. The summed E-state index contributed by atoms with van der Waals surface area (Å²) in [5.41, 5.74) is 4.15. The summed E-state index contributed by atoms with van der Waals surface area (Å²) in [6, 6.07) is 8.83. The molecule has 1 nitrogen and oxygen atoms in total. The number of alkyl halides is 1. The molecule has 0 N–H and O–H groups in total. The minimum absolute atomic E-state index is 0.793. The van der Waals surface area contributed by atoms with Gasteiger partial charge in [-0.3, -0.25) is 0 Å². The van der Waals surface area contributed by atoms with Gasteiger partial charge >= 0.3 is 0 Å². The highest BCUT2D eigenvalue weighted by Crippen LogP contribution is 2.31. The van der Waals surface area contributed by atoms with E-state index in [1.165, 1.54) is 43.4 Å². The summed E-state index contributed by atoms with van der Waals surface area (Å²) in [6.45, 7) is 0. The van der Waals surface area contributed by atoms with Crippen molar-refractivity contribution in [2.45, 2.75) is 32.1 Å². The monoisotopic (exact) mass is 321 g/mol. The Morgan fingerprint density at radius 3 is 2.32 bits per heavy atom. The molecule has 0 bridgehead atoms. The predicted octanol–water partition coefficient (Wildman–Crippen LogP) is 5.11. The average Bonchev–Trinajstić information content (AvgIpc) is 2.46. The van der Waals surface area contributed by atoms with Crippen LogP contribution in [0.1, 0.15) is 37.7 Å². The van der Waals surface area contributed by atoms with Gasteiger partial charge in [0.1, 0.15) is 0 Å². The number of hydrogen-bond donors (Lipinski definition) is 0. The Bertz CT molecular complexity index is 413. The van der Waals surface area contributed by atoms with Crippen molar-refractivity contribution in [3.8, 4) is 0 Å². The van der Waals surface area contributed by atoms with Gasteiger partial charge in [-0.1, -0.05) is 59.0 Å². The highest BCUT2D eigenvalue weighted by atomic mass is 79.9. The fourth-order valence-electron chi connectivity index (χ4n) is 2.82. The van der Waals surface area contributed by atoms with Gasteiger partial charge in [-0.15, -0.1) is 0 Å². The first-order chi connectivity index (χ1) is 9.20. The van der Waals surface area contributed by atoms with Crippen molar-refractivity contribution in [3.05, 3.63) is 35.4 Å². The van der Waals surface area contributed by atoms with Crippen LogP contribution in [0.3, 0.4) is 0 Å². The second-order valence-electron chi connectivity index (χ2n) is 5.67. The molecule has 1 saturated carbocycles. The highest BCUT2D eigenvalue weighted by Gasteiger charge is 2.16. The highest BCUT2D eigenvalue weighted by molar-refractivity contribution is 9.09. The largest absolute Gasteiger partial charge is 0.378 e. The minimum atomic E-state index is 0.793. The van der Waals surface area contributed by atoms with Gasteiger partial charge in [-0.2, -0.15) is 0 Å². The summed E-state index contributed by atoms with van der Waals surface area (Å²) in [4.78, 5) is 2.14. The maximum absolute atomic E-state index is 3.67. The molecule has 0 radical (unpaired) electrons. The number of hydrogen-bond acceptors (Lipinski definition) is 1. The summed E-state index contributed by atoms with van der Waals surface area (Å²) in [5, 5.41) is 1.01. The first kappa shape index (κ1) is 14.6. The number of nitrogens with zero attached hydrogens (tertiary/aromatic N) is 1. The van der Waals surface area contributed by atoms with Crippen molar-refractivity contribution in [2.75, 3.05) is 24.3 Å². The molecule has 104 valence electrons. The maximum atomic E-state index is 3.67. The fraction of sp³-hybridized carbons (Fsp3) is 0.529. The van der Waals surface area contributed by atoms with E-state index in [2.05, 4.69) is 65.3 Å². The van der Waals surface area contributed by atoms with Gasteiger partial charge in [0.25, 0.3) is 0 Å². The van der Waals surface area contributed by atoms with E-state index in [1.54, 1.807) is 5.57 Å². The van der Waals surface area contributed by atoms with Crippen LogP contribution in [0.4, 0.5) is 5.69 Å². The van der Waals surface area contributed by atoms with Crippen molar-refractivity contribution < 1.29 is 0 Å². The Morgan fingerprint density at radius 2 is 1.79 bits per heavy atom. The zero-order chi connectivity index (χ0) is 13.7. The maximum Gasteiger partial charge on any atom is 0.0361 e. The van der Waals surface area contributed by atoms with Crippen LogP contribution in [0.2, 0.25) is 0 Å². The van der Waals surface area contributed by atoms with E-state index in [9.17, 15) is 0 Å². The Morgan fingerprint density at radius 1 is 1.16 bits per heavy atom. The molecule has 1 aliphatic rings. The van der Waals surface area contributed by atoms with E-state index in [0.717, 1.165) is 11.2 Å². The Labute approximate surface area is 125 Å². The van der Waals surface area contributed by atoms with Gasteiger partial charge < -0.3 is 4.90 Å². The summed E-state index contributed by atoms with van der Waals surface area (Å²) < 4.78 is 0. The zero-order valence-electron chi connectivity index (χ0n) is 12.0. The molecule has 1 fully saturated rings. The van der Waals surface area contributed by atoms with E-state index in [4.69, 9.17) is 0 Å². The topological polar surface area (TPSA) is 3.24 Å². The normalized spacial score (nSPS) is 17.5. The van der Waals surface area contributed by atoms with Gasteiger partial charge in [0, 0.05) is 25.1 Å². The van der Waals surface area contributed by atoms with Crippen LogP contribution < -0.4 is 4.90 Å². The molecular formula is C17H24BrN. The van der Waals surface area contributed by atoms with Crippen LogP contribution in [0, 0.1) is 5.92 Å². The molecule has 1 aromatic rings. The van der Waals surface area contributed by atoms with Crippen molar-refractivity contribution in [3.63, 3.8) is 0 Å². The van der Waals surface area contributed by atoms with Crippen LogP contribution in [0.25, 0.3) is 6.08 Å². The van der Waals surface area contributed by atoms with E-state index in [1.807, 2.05) is 0 Å². The van der Waals surface area contributed by atoms with E-state index < -0.39 is 0 Å². The molecule has 0 spiro atoms. The second-order valence-corrected chi connectivity index (χ2v) is 6.23. The lowest BCUT2D eigenvalue weighted by molar-refractivity contribution is 0.405. The molecule has 0 heterocycles. The lowest BCUT2D eigenvalue weighted by atomic mass is 9.84. The molecule has 0 atom stereocenters. The Hall–Kier alpha value is -0.760. The van der Waals surface area contributed by atoms with Gasteiger partial charge in [-0.05, 0) is 36.5 Å². The van der Waals surface area contributed by atoms with Crippen molar-refractivity contribution in [2.24, 2.45) is 5.92 Å². The van der Waals surface area contributed by atoms with E-state index in [0.29, 0.717) is 0 Å². The molecule has 2 heteroatoms. The van der Waals surface area contributed by atoms with Crippen molar-refractivity contribution in [1.82, 2.24) is 0 Å². The fourth-order valence-corrected chi connectivity index (χ4v) is 3.44. The molecule has 0 aliphatic heterocycles. The number of rotatable bonds is 4. The molecule has 1 aliphatic carbocycles. The molecule has 0 amide bonds. The molecule has 0 aromatic heterocycles. The van der Waals surface area contributed by atoms with Crippen LogP contribution in [0.15, 0.2) is 29.8 Å². The number of benzene rings is 1. The van der Waals surface area contributed by atoms with E-state index >= 15 is 0 Å². The average molecular weight is 322 g/mol. The lowest BCUT2D eigenvalue weighted by Crippen LogP contribution is -2.10. The third kappa shape index (κ3) is 4.10. The first-order valence-electron chi connectivity index (χ1n) is 7.24. The van der Waals surface area contributed by atoms with Crippen LogP contribution in [-0.4, -0.2) is 19.4 Å². The van der Waals surface area contributed by atoms with Gasteiger partial charge in [0.2, 0.25) is 0 Å². The molecule has 0 saturated heterocycles. The molecule has 2 rings (SSSR count). The van der Waals surface area contributed by atoms with Crippen LogP contribution >= 0.6 is 15.9 Å². The summed E-state index contributed by atoms with van der Waals surface area (Å²) >= 11 is 3.67. The predicted molar refractivity (Wildman–Crippen MR) is 89.1 cm³/mol. The Kier molecular flexibility index (Phi) is 5.50. The molecular weight excluding hydrogens is 298 g/mol. The van der Waals surface area contributed by atoms with Crippen molar-refractivity contribution in [1.29, 1.82) is 0 Å². The lowest BCUT2D eigenvalue weighted by Gasteiger charge is -2.23. The first-order valence-corrected chi connectivity index (χ1v) is 8.36. The third-order valence-electron chi connectivity index (χ3n) is 4.05. The summed E-state index contributed by atoms with van der Waals surface area (Å²) in [7, 11) is 4.16. The van der Waals surface area contributed by atoms with E-state index in [-0.39, 0.29) is 0 Å². The van der Waals surface area contributed by atoms with Gasteiger partial charge in [0.05, 0.1) is 0 Å². The Balaban J connectivity index is 2.12.